The van der Waals surface area contributed by atoms with Crippen LogP contribution in [-0.2, 0) is 23.7 Å². The van der Waals surface area contributed by atoms with E-state index in [-0.39, 0.29) is 18.5 Å². The van der Waals surface area contributed by atoms with Crippen LogP contribution in [0.5, 0.6) is 0 Å². The van der Waals surface area contributed by atoms with Gasteiger partial charge in [0.1, 0.15) is 31.0 Å². The minimum atomic E-state index is -0.894. The summed E-state index contributed by atoms with van der Waals surface area (Å²) in [5.74, 6) is -0.885. The van der Waals surface area contributed by atoms with E-state index in [1.54, 1.807) is 13.8 Å². The molecule has 2 aliphatic rings. The summed E-state index contributed by atoms with van der Waals surface area (Å²) in [6.07, 6.45) is -0.842. The number of rotatable bonds is 7. The van der Waals surface area contributed by atoms with Gasteiger partial charge in [0.25, 0.3) is 0 Å². The van der Waals surface area contributed by atoms with Crippen molar-refractivity contribution in [3.8, 4) is 0 Å². The maximum Gasteiger partial charge on any atom is 0.508 e. The normalized spacial score (nSPS) is 27.7. The SMILES string of the molecule is CCC(CC)OC(=O)OC[C@H]1O[C@@H](n2ccc(NO)nc2=O)[C@@H]2OC(C)(C)O[C@@H]21. The number of carbonyl (C=O) groups is 1. The standard InChI is InChI=1S/C18H27N3O8/c1-5-10(6-2)26-17(23)25-9-11-13-14(29-18(3,4)28-13)15(27-11)21-8-7-12(20-24)19-16(21)22/h7-8,10-11,13-15,24H,5-6,9H2,1-4H3,(H,19,20,22)/t11-,13-,14-,15-/m1/s1. The van der Waals surface area contributed by atoms with Crippen LogP contribution < -0.4 is 11.2 Å². The van der Waals surface area contributed by atoms with Gasteiger partial charge >= 0.3 is 11.8 Å². The third-order valence-corrected chi connectivity index (χ3v) is 4.88. The van der Waals surface area contributed by atoms with E-state index in [0.29, 0.717) is 12.8 Å². The Morgan fingerprint density at radius 3 is 2.66 bits per heavy atom. The highest BCUT2D eigenvalue weighted by molar-refractivity contribution is 5.60. The number of aromatic nitrogens is 2. The average Bonchev–Trinajstić information content (AvgIpc) is 3.17. The molecular weight excluding hydrogens is 386 g/mol. The lowest BCUT2D eigenvalue weighted by Gasteiger charge is -2.24. The molecule has 2 saturated heterocycles. The number of anilines is 1. The zero-order valence-corrected chi connectivity index (χ0v) is 16.9. The van der Waals surface area contributed by atoms with Gasteiger partial charge in [0, 0.05) is 6.20 Å². The van der Waals surface area contributed by atoms with E-state index in [0.717, 1.165) is 0 Å². The quantitative estimate of drug-likeness (QED) is 0.504. The maximum absolute atomic E-state index is 12.3. The van der Waals surface area contributed by atoms with Crippen LogP contribution >= 0.6 is 0 Å². The molecular formula is C18H27N3O8. The number of fused-ring (bicyclic) bond motifs is 1. The molecule has 0 aromatic carbocycles. The van der Waals surface area contributed by atoms with Gasteiger partial charge < -0.3 is 23.7 Å². The van der Waals surface area contributed by atoms with Gasteiger partial charge in [-0.2, -0.15) is 4.98 Å². The van der Waals surface area contributed by atoms with Crippen molar-refractivity contribution in [2.45, 2.75) is 77.0 Å². The first-order valence-corrected chi connectivity index (χ1v) is 9.61. The minimum Gasteiger partial charge on any atom is -0.431 e. The Labute approximate surface area is 167 Å². The van der Waals surface area contributed by atoms with Gasteiger partial charge in [-0.25, -0.2) is 9.59 Å². The van der Waals surface area contributed by atoms with Gasteiger partial charge in [-0.15, -0.1) is 0 Å². The van der Waals surface area contributed by atoms with Crippen LogP contribution in [0.4, 0.5) is 10.6 Å². The fourth-order valence-corrected chi connectivity index (χ4v) is 3.46. The van der Waals surface area contributed by atoms with Gasteiger partial charge in [-0.3, -0.25) is 15.3 Å². The highest BCUT2D eigenvalue weighted by atomic mass is 16.8. The van der Waals surface area contributed by atoms with Crippen molar-refractivity contribution in [2.24, 2.45) is 0 Å². The topological polar surface area (TPSA) is 130 Å². The largest absolute Gasteiger partial charge is 0.508 e. The third kappa shape index (κ3) is 4.69. The van der Waals surface area contributed by atoms with E-state index in [1.165, 1.54) is 16.8 Å². The monoisotopic (exact) mass is 413 g/mol. The second-order valence-electron chi connectivity index (χ2n) is 7.36. The Kier molecular flexibility index (Phi) is 6.42. The molecule has 2 fully saturated rings. The Morgan fingerprint density at radius 1 is 1.34 bits per heavy atom. The van der Waals surface area contributed by atoms with Gasteiger partial charge in [-0.1, -0.05) is 13.8 Å². The van der Waals surface area contributed by atoms with Gasteiger partial charge in [0.15, 0.2) is 17.8 Å². The second kappa shape index (κ2) is 8.66. The Bertz CT molecular complexity index is 779. The molecule has 2 aliphatic heterocycles. The van der Waals surface area contributed by atoms with E-state index >= 15 is 0 Å². The van der Waals surface area contributed by atoms with Crippen LogP contribution in [0.25, 0.3) is 0 Å². The van der Waals surface area contributed by atoms with Crippen LogP contribution in [0.2, 0.25) is 0 Å². The molecule has 162 valence electrons. The number of hydrogen-bond acceptors (Lipinski definition) is 10. The number of ether oxygens (including phenoxy) is 5. The van der Waals surface area contributed by atoms with E-state index in [1.807, 2.05) is 19.3 Å². The number of nitrogens with one attached hydrogen (secondary N) is 1. The fraction of sp³-hybridized carbons (Fsp3) is 0.722. The van der Waals surface area contributed by atoms with E-state index in [2.05, 4.69) is 4.98 Å². The first kappa shape index (κ1) is 21.5. The van der Waals surface area contributed by atoms with Crippen molar-refractivity contribution in [3.63, 3.8) is 0 Å². The Hall–Kier alpha value is -2.21. The summed E-state index contributed by atoms with van der Waals surface area (Å²) in [4.78, 5) is 28.0. The molecule has 3 rings (SSSR count). The molecule has 0 aliphatic carbocycles. The molecule has 0 amide bonds. The maximum atomic E-state index is 12.3. The van der Waals surface area contributed by atoms with Crippen molar-refractivity contribution in [1.29, 1.82) is 0 Å². The summed E-state index contributed by atoms with van der Waals surface area (Å²) in [5.41, 5.74) is 1.18. The molecule has 29 heavy (non-hydrogen) atoms. The van der Waals surface area contributed by atoms with Crippen LogP contribution in [0.15, 0.2) is 17.1 Å². The Morgan fingerprint density at radius 2 is 2.03 bits per heavy atom. The summed E-state index contributed by atoms with van der Waals surface area (Å²) in [5, 5.41) is 8.90. The summed E-state index contributed by atoms with van der Waals surface area (Å²) in [7, 11) is 0. The smallest absolute Gasteiger partial charge is 0.431 e. The number of nitrogens with zero attached hydrogens (tertiary/aromatic N) is 2. The lowest BCUT2D eigenvalue weighted by atomic mass is 10.1. The third-order valence-electron chi connectivity index (χ3n) is 4.88. The number of hydrogen-bond donors (Lipinski definition) is 2. The Balaban J connectivity index is 1.73. The zero-order chi connectivity index (χ0) is 21.2. The predicted octanol–water partition coefficient (Wildman–Crippen LogP) is 1.80. The highest BCUT2D eigenvalue weighted by Crippen LogP contribution is 2.42. The fourth-order valence-electron chi connectivity index (χ4n) is 3.46. The van der Waals surface area contributed by atoms with Crippen LogP contribution in [0, 0.1) is 0 Å². The van der Waals surface area contributed by atoms with E-state index < -0.39 is 42.2 Å². The molecule has 0 bridgehead atoms. The zero-order valence-electron chi connectivity index (χ0n) is 16.9. The molecule has 3 heterocycles. The minimum absolute atomic E-state index is 0.00810. The van der Waals surface area contributed by atoms with Crippen molar-refractivity contribution < 1.29 is 33.7 Å². The molecule has 11 heteroatoms. The molecule has 1 aromatic heterocycles. The molecule has 2 N–H and O–H groups in total. The van der Waals surface area contributed by atoms with Crippen molar-refractivity contribution in [2.75, 3.05) is 12.1 Å². The highest BCUT2D eigenvalue weighted by Gasteiger charge is 2.56. The molecule has 1 aromatic rings. The first-order chi connectivity index (χ1) is 13.8. The van der Waals surface area contributed by atoms with Crippen LogP contribution in [0.1, 0.15) is 46.8 Å². The molecule has 11 nitrogen and oxygen atoms in total. The molecule has 0 spiro atoms. The summed E-state index contributed by atoms with van der Waals surface area (Å²) in [6, 6.07) is 1.41. The lowest BCUT2D eigenvalue weighted by Crippen LogP contribution is -2.34. The first-order valence-electron chi connectivity index (χ1n) is 9.61. The molecule has 4 atom stereocenters. The van der Waals surface area contributed by atoms with Crippen molar-refractivity contribution >= 4 is 12.0 Å². The second-order valence-corrected chi connectivity index (χ2v) is 7.36. The number of carbonyl (C=O) groups excluding carboxylic acids is 1. The average molecular weight is 413 g/mol. The predicted molar refractivity (Wildman–Crippen MR) is 98.4 cm³/mol. The van der Waals surface area contributed by atoms with Gasteiger partial charge in [0.05, 0.1) is 0 Å². The molecule has 0 radical (unpaired) electrons. The van der Waals surface area contributed by atoms with Gasteiger partial charge in [0.2, 0.25) is 0 Å². The lowest BCUT2D eigenvalue weighted by molar-refractivity contribution is -0.201. The summed E-state index contributed by atoms with van der Waals surface area (Å²) >= 11 is 0. The van der Waals surface area contributed by atoms with Crippen molar-refractivity contribution in [1.82, 2.24) is 9.55 Å². The van der Waals surface area contributed by atoms with Crippen LogP contribution in [-0.4, -0.2) is 57.7 Å². The summed E-state index contributed by atoms with van der Waals surface area (Å²) < 4.78 is 29.4. The molecule has 0 saturated carbocycles. The molecule has 0 unspecified atom stereocenters. The summed E-state index contributed by atoms with van der Waals surface area (Å²) in [6.45, 7) is 7.23. The van der Waals surface area contributed by atoms with Gasteiger partial charge in [-0.05, 0) is 32.8 Å². The van der Waals surface area contributed by atoms with E-state index in [9.17, 15) is 9.59 Å². The van der Waals surface area contributed by atoms with Crippen molar-refractivity contribution in [3.05, 3.63) is 22.7 Å². The van der Waals surface area contributed by atoms with E-state index in [4.69, 9.17) is 28.9 Å². The van der Waals surface area contributed by atoms with Crippen LogP contribution in [0.3, 0.4) is 0 Å².